The van der Waals surface area contributed by atoms with Crippen molar-refractivity contribution in [3.05, 3.63) is 59.1 Å². The Morgan fingerprint density at radius 3 is 2.67 bits per heavy atom. The zero-order valence-electron chi connectivity index (χ0n) is 11.8. The van der Waals surface area contributed by atoms with Gasteiger partial charge >= 0.3 is 0 Å². The van der Waals surface area contributed by atoms with E-state index in [0.29, 0.717) is 5.02 Å². The van der Waals surface area contributed by atoms with Gasteiger partial charge in [-0.2, -0.15) is 0 Å². The predicted molar refractivity (Wildman–Crippen MR) is 87.1 cm³/mol. The Morgan fingerprint density at radius 2 is 2.00 bits per heavy atom. The lowest BCUT2D eigenvalue weighted by atomic mass is 10.1. The molecule has 0 saturated heterocycles. The zero-order valence-corrected chi connectivity index (χ0v) is 13.3. The molecule has 21 heavy (non-hydrogen) atoms. The first-order valence-electron chi connectivity index (χ1n) is 6.79. The minimum Gasteiger partial charge on any atom is -0.319 e. The number of alkyl halides is 1. The average molecular weight is 320 g/mol. The second kappa shape index (κ2) is 5.66. The lowest BCUT2D eigenvalue weighted by Gasteiger charge is -2.18. The maximum Gasteiger partial charge on any atom is 0.128 e. The van der Waals surface area contributed by atoms with E-state index >= 15 is 0 Å². The first-order valence-corrected chi connectivity index (χ1v) is 7.60. The lowest BCUT2D eigenvalue weighted by Crippen LogP contribution is -2.11. The van der Waals surface area contributed by atoms with Gasteiger partial charge in [0.1, 0.15) is 5.82 Å². The largest absolute Gasteiger partial charge is 0.319 e. The zero-order chi connectivity index (χ0) is 15.0. The molecule has 0 saturated carbocycles. The van der Waals surface area contributed by atoms with Crippen molar-refractivity contribution < 1.29 is 0 Å². The molecular weight excluding hydrogens is 305 g/mol. The Labute approximate surface area is 133 Å². The number of nitrogens with zero attached hydrogens (tertiary/aromatic N) is 3. The molecule has 0 aliphatic carbocycles. The number of hydrogen-bond acceptors (Lipinski definition) is 2. The highest BCUT2D eigenvalue weighted by Gasteiger charge is 2.20. The summed E-state index contributed by atoms with van der Waals surface area (Å²) in [5, 5.41) is 0.491. The summed E-state index contributed by atoms with van der Waals surface area (Å²) in [5.74, 6) is 0.838. The maximum absolute atomic E-state index is 6.32. The highest BCUT2D eigenvalue weighted by molar-refractivity contribution is 6.31. The fourth-order valence-electron chi connectivity index (χ4n) is 2.55. The Kier molecular flexibility index (Phi) is 3.87. The molecule has 0 radical (unpaired) electrons. The number of halogens is 2. The number of benzene rings is 1. The number of imidazole rings is 1. The summed E-state index contributed by atoms with van der Waals surface area (Å²) in [4.78, 5) is 8.84. The van der Waals surface area contributed by atoms with E-state index in [1.54, 1.807) is 6.20 Å². The molecule has 5 heteroatoms. The molecule has 3 aromatic rings. The number of fused-ring (bicyclic) bond motifs is 1. The van der Waals surface area contributed by atoms with Gasteiger partial charge < -0.3 is 4.57 Å². The summed E-state index contributed by atoms with van der Waals surface area (Å²) < 4.78 is 2.15. The number of aromatic nitrogens is 3. The van der Waals surface area contributed by atoms with E-state index in [1.165, 1.54) is 0 Å². The van der Waals surface area contributed by atoms with Crippen molar-refractivity contribution in [2.24, 2.45) is 0 Å². The third kappa shape index (κ3) is 2.63. The van der Waals surface area contributed by atoms with Gasteiger partial charge in [0, 0.05) is 17.4 Å². The van der Waals surface area contributed by atoms with Crippen molar-refractivity contribution >= 4 is 34.2 Å². The van der Waals surface area contributed by atoms with Crippen LogP contribution in [0.2, 0.25) is 5.02 Å². The Balaban J connectivity index is 2.22. The van der Waals surface area contributed by atoms with Crippen LogP contribution < -0.4 is 0 Å². The lowest BCUT2D eigenvalue weighted by molar-refractivity contribution is 0.616. The Hall–Kier alpha value is -1.58. The van der Waals surface area contributed by atoms with Crippen LogP contribution in [0.3, 0.4) is 0 Å². The van der Waals surface area contributed by atoms with Crippen LogP contribution >= 0.6 is 23.2 Å². The summed E-state index contributed by atoms with van der Waals surface area (Å²) in [7, 11) is 0. The quantitative estimate of drug-likeness (QED) is 0.636. The SMILES string of the molecule is CC(Cl)c1nc2cc(Cl)ccc2n1C(C)c1cccnc1. The standard InChI is InChI=1S/C16H15Cl2N3/c1-10(17)16-20-14-8-13(18)5-6-15(14)21(16)11(2)12-4-3-7-19-9-12/h3-11H,1-2H3. The molecule has 1 aromatic carbocycles. The highest BCUT2D eigenvalue weighted by atomic mass is 35.5. The first kappa shape index (κ1) is 14.4. The van der Waals surface area contributed by atoms with Crippen LogP contribution in [-0.4, -0.2) is 14.5 Å². The van der Waals surface area contributed by atoms with Crippen LogP contribution in [0.15, 0.2) is 42.7 Å². The van der Waals surface area contributed by atoms with Gasteiger partial charge in [-0.1, -0.05) is 17.7 Å². The van der Waals surface area contributed by atoms with E-state index in [-0.39, 0.29) is 11.4 Å². The topological polar surface area (TPSA) is 30.7 Å². The van der Waals surface area contributed by atoms with E-state index < -0.39 is 0 Å². The Bertz CT molecular complexity index is 766. The minimum atomic E-state index is -0.185. The van der Waals surface area contributed by atoms with E-state index in [2.05, 4.69) is 27.5 Å². The van der Waals surface area contributed by atoms with Crippen LogP contribution in [0, 0.1) is 0 Å². The molecular formula is C16H15Cl2N3. The molecule has 2 unspecified atom stereocenters. The molecule has 2 heterocycles. The summed E-state index contributed by atoms with van der Waals surface area (Å²) in [6.45, 7) is 4.05. The van der Waals surface area contributed by atoms with Crippen LogP contribution in [0.25, 0.3) is 11.0 Å². The molecule has 3 rings (SSSR count). The van der Waals surface area contributed by atoms with Crippen molar-refractivity contribution in [3.63, 3.8) is 0 Å². The van der Waals surface area contributed by atoms with E-state index in [4.69, 9.17) is 23.2 Å². The van der Waals surface area contributed by atoms with Gasteiger partial charge in [0.15, 0.2) is 0 Å². The summed E-state index contributed by atoms with van der Waals surface area (Å²) >= 11 is 12.4. The fraction of sp³-hybridized carbons (Fsp3) is 0.250. The van der Waals surface area contributed by atoms with Crippen molar-refractivity contribution in [1.29, 1.82) is 0 Å². The second-order valence-electron chi connectivity index (χ2n) is 5.05. The minimum absolute atomic E-state index is 0.0982. The van der Waals surface area contributed by atoms with Gasteiger partial charge in [-0.25, -0.2) is 4.98 Å². The van der Waals surface area contributed by atoms with Crippen LogP contribution in [-0.2, 0) is 0 Å². The van der Waals surface area contributed by atoms with Crippen LogP contribution in [0.4, 0.5) is 0 Å². The molecule has 0 amide bonds. The normalized spacial score (nSPS) is 14.3. The molecule has 3 nitrogen and oxygen atoms in total. The van der Waals surface area contributed by atoms with Crippen molar-refractivity contribution in [1.82, 2.24) is 14.5 Å². The second-order valence-corrected chi connectivity index (χ2v) is 6.14. The highest BCUT2D eigenvalue weighted by Crippen LogP contribution is 2.31. The maximum atomic E-state index is 6.32. The summed E-state index contributed by atoms with van der Waals surface area (Å²) in [6, 6.07) is 9.82. The molecule has 108 valence electrons. The third-order valence-corrected chi connectivity index (χ3v) is 4.02. The van der Waals surface area contributed by atoms with E-state index in [9.17, 15) is 0 Å². The predicted octanol–water partition coefficient (Wildman–Crippen LogP) is 4.99. The van der Waals surface area contributed by atoms with Crippen LogP contribution in [0.5, 0.6) is 0 Å². The molecule has 0 aliphatic rings. The molecule has 0 spiro atoms. The van der Waals surface area contributed by atoms with Gasteiger partial charge in [0.25, 0.3) is 0 Å². The van der Waals surface area contributed by atoms with Crippen molar-refractivity contribution in [2.45, 2.75) is 25.3 Å². The average Bonchev–Trinajstić information content (AvgIpc) is 2.86. The van der Waals surface area contributed by atoms with Gasteiger partial charge in [0.05, 0.1) is 22.5 Å². The van der Waals surface area contributed by atoms with E-state index in [0.717, 1.165) is 22.4 Å². The number of pyridine rings is 1. The molecule has 0 aliphatic heterocycles. The van der Waals surface area contributed by atoms with Crippen LogP contribution in [0.1, 0.15) is 36.7 Å². The molecule has 0 bridgehead atoms. The molecule has 2 atom stereocenters. The van der Waals surface area contributed by atoms with Gasteiger partial charge in [-0.05, 0) is 43.7 Å². The monoisotopic (exact) mass is 319 g/mol. The Morgan fingerprint density at radius 1 is 1.19 bits per heavy atom. The third-order valence-electron chi connectivity index (χ3n) is 3.59. The summed E-state index contributed by atoms with van der Waals surface area (Å²) in [5.41, 5.74) is 3.00. The summed E-state index contributed by atoms with van der Waals surface area (Å²) in [6.07, 6.45) is 3.64. The van der Waals surface area contributed by atoms with Crippen molar-refractivity contribution in [2.75, 3.05) is 0 Å². The number of rotatable bonds is 3. The number of hydrogen-bond donors (Lipinski definition) is 0. The van der Waals surface area contributed by atoms with Gasteiger partial charge in [-0.15, -0.1) is 11.6 Å². The molecule has 2 aromatic heterocycles. The first-order chi connectivity index (χ1) is 10.1. The van der Waals surface area contributed by atoms with Crippen molar-refractivity contribution in [3.8, 4) is 0 Å². The van der Waals surface area contributed by atoms with Gasteiger partial charge in [-0.3, -0.25) is 4.98 Å². The van der Waals surface area contributed by atoms with Gasteiger partial charge in [0.2, 0.25) is 0 Å². The smallest absolute Gasteiger partial charge is 0.128 e. The molecule has 0 N–H and O–H groups in total. The van der Waals surface area contributed by atoms with E-state index in [1.807, 2.05) is 37.4 Å². The molecule has 0 fully saturated rings. The fourth-order valence-corrected chi connectivity index (χ4v) is 2.87.